The van der Waals surface area contributed by atoms with E-state index in [0.717, 1.165) is 9.87 Å². The van der Waals surface area contributed by atoms with Crippen LogP contribution in [0.5, 0.6) is 0 Å². The molecule has 8 heteroatoms. The van der Waals surface area contributed by atoms with Gasteiger partial charge in [0.15, 0.2) is 0 Å². The molecule has 0 unspecified atom stereocenters. The van der Waals surface area contributed by atoms with E-state index in [1.807, 2.05) is 30.3 Å². The first kappa shape index (κ1) is 22.7. The first-order valence-electron chi connectivity index (χ1n) is 10.1. The summed E-state index contributed by atoms with van der Waals surface area (Å²) >= 11 is 0. The summed E-state index contributed by atoms with van der Waals surface area (Å²) < 4.78 is 25.7. The minimum Gasteiger partial charge on any atom is -0.339 e. The Morgan fingerprint density at radius 2 is 1.71 bits per heavy atom. The van der Waals surface area contributed by atoms with Gasteiger partial charge in [0.1, 0.15) is 0 Å². The summed E-state index contributed by atoms with van der Waals surface area (Å²) in [5.41, 5.74) is 1.40. The molecule has 0 spiro atoms. The summed E-state index contributed by atoms with van der Waals surface area (Å²) in [5, 5.41) is 2.81. The Balaban J connectivity index is 1.55. The summed E-state index contributed by atoms with van der Waals surface area (Å²) in [4.78, 5) is 26.9. The Bertz CT molecular complexity index is 1060. The van der Waals surface area contributed by atoms with Gasteiger partial charge in [0.05, 0.1) is 4.90 Å². The van der Waals surface area contributed by atoms with Crippen LogP contribution in [0.3, 0.4) is 0 Å². The number of carbonyl (C=O) groups excluding carboxylic acids is 2. The van der Waals surface area contributed by atoms with Gasteiger partial charge in [0.2, 0.25) is 21.8 Å². The van der Waals surface area contributed by atoms with Crippen LogP contribution in [0.2, 0.25) is 0 Å². The molecule has 1 fully saturated rings. The van der Waals surface area contributed by atoms with Gasteiger partial charge in [-0.2, -0.15) is 0 Å². The van der Waals surface area contributed by atoms with Crippen molar-refractivity contribution in [2.45, 2.75) is 17.7 Å². The van der Waals surface area contributed by atoms with Crippen molar-refractivity contribution in [1.29, 1.82) is 0 Å². The summed E-state index contributed by atoms with van der Waals surface area (Å²) in [5.74, 6) is -0.452. The summed E-state index contributed by atoms with van der Waals surface area (Å²) in [7, 11) is -0.645. The fourth-order valence-corrected chi connectivity index (χ4v) is 4.34. The van der Waals surface area contributed by atoms with E-state index in [2.05, 4.69) is 5.32 Å². The van der Waals surface area contributed by atoms with Gasteiger partial charge in [-0.3, -0.25) is 9.59 Å². The molecule has 0 saturated carbocycles. The monoisotopic (exact) mass is 441 g/mol. The lowest BCUT2D eigenvalue weighted by Gasteiger charge is -2.30. The molecular formula is C23H27N3O4S. The molecule has 31 heavy (non-hydrogen) atoms. The third kappa shape index (κ3) is 5.80. The fourth-order valence-electron chi connectivity index (χ4n) is 3.39. The van der Waals surface area contributed by atoms with E-state index >= 15 is 0 Å². The molecule has 1 aliphatic heterocycles. The molecule has 164 valence electrons. The van der Waals surface area contributed by atoms with E-state index < -0.39 is 10.0 Å². The number of likely N-dealkylation sites (tertiary alicyclic amines) is 1. The number of benzene rings is 2. The molecule has 2 aromatic rings. The number of hydrogen-bond acceptors (Lipinski definition) is 4. The molecule has 0 atom stereocenters. The normalized spacial score (nSPS) is 15.4. The molecule has 0 bridgehead atoms. The van der Waals surface area contributed by atoms with Gasteiger partial charge in [-0.15, -0.1) is 0 Å². The molecule has 1 N–H and O–H groups in total. The van der Waals surface area contributed by atoms with Crippen LogP contribution in [0.25, 0.3) is 6.08 Å². The molecule has 7 nitrogen and oxygen atoms in total. The topological polar surface area (TPSA) is 86.8 Å². The summed E-state index contributed by atoms with van der Waals surface area (Å²) in [6, 6.07) is 15.8. The Hall–Kier alpha value is -2.97. The standard InChI is InChI=1S/C23H27N3O4S/c1-25(2)31(29,30)21-10-6-9-20(17-21)24-23(28)19-13-15-26(16-14-19)22(27)12-11-18-7-4-3-5-8-18/h3-12,17,19H,13-16H2,1-2H3,(H,24,28)/b12-11+. The first-order chi connectivity index (χ1) is 14.8. The lowest BCUT2D eigenvalue weighted by molar-refractivity contribution is -0.130. The SMILES string of the molecule is CN(C)S(=O)(=O)c1cccc(NC(=O)C2CCN(C(=O)/C=C/c3ccccc3)CC2)c1. The Morgan fingerprint density at radius 3 is 2.35 bits per heavy atom. The van der Waals surface area contributed by atoms with Crippen molar-refractivity contribution in [2.24, 2.45) is 5.92 Å². The predicted molar refractivity (Wildman–Crippen MR) is 121 cm³/mol. The van der Waals surface area contributed by atoms with Crippen molar-refractivity contribution in [1.82, 2.24) is 9.21 Å². The highest BCUT2D eigenvalue weighted by atomic mass is 32.2. The predicted octanol–water partition coefficient (Wildman–Crippen LogP) is 2.83. The van der Waals surface area contributed by atoms with Crippen molar-refractivity contribution < 1.29 is 18.0 Å². The van der Waals surface area contributed by atoms with Crippen LogP contribution in [0.1, 0.15) is 18.4 Å². The number of hydrogen-bond donors (Lipinski definition) is 1. The zero-order chi connectivity index (χ0) is 22.4. The minimum atomic E-state index is -3.57. The van der Waals surface area contributed by atoms with Gasteiger partial charge in [-0.25, -0.2) is 12.7 Å². The maximum Gasteiger partial charge on any atom is 0.246 e. The number of anilines is 1. The van der Waals surface area contributed by atoms with Crippen molar-refractivity contribution >= 4 is 33.6 Å². The van der Waals surface area contributed by atoms with Gasteiger partial charge < -0.3 is 10.2 Å². The van der Waals surface area contributed by atoms with E-state index in [-0.39, 0.29) is 22.6 Å². The Kier molecular flexibility index (Phi) is 7.25. The van der Waals surface area contributed by atoms with Gasteiger partial charge in [0.25, 0.3) is 0 Å². The smallest absolute Gasteiger partial charge is 0.246 e. The zero-order valence-electron chi connectivity index (χ0n) is 17.7. The van der Waals surface area contributed by atoms with Crippen LogP contribution < -0.4 is 5.32 Å². The van der Waals surface area contributed by atoms with Gasteiger partial charge in [0, 0.05) is 44.9 Å². The second kappa shape index (κ2) is 9.89. The molecule has 1 saturated heterocycles. The van der Waals surface area contributed by atoms with Crippen LogP contribution in [0.4, 0.5) is 5.69 Å². The van der Waals surface area contributed by atoms with Crippen molar-refractivity contribution in [2.75, 3.05) is 32.5 Å². The molecule has 0 aliphatic carbocycles. The van der Waals surface area contributed by atoms with Crippen LogP contribution >= 0.6 is 0 Å². The number of amides is 2. The van der Waals surface area contributed by atoms with Crippen LogP contribution in [0.15, 0.2) is 65.6 Å². The first-order valence-corrected chi connectivity index (χ1v) is 11.6. The molecule has 3 rings (SSSR count). The molecule has 0 aromatic heterocycles. The average molecular weight is 442 g/mol. The molecule has 1 heterocycles. The third-order valence-corrected chi connectivity index (χ3v) is 7.09. The number of rotatable bonds is 6. The second-order valence-electron chi connectivity index (χ2n) is 7.65. The van der Waals surface area contributed by atoms with Crippen molar-refractivity contribution in [3.05, 3.63) is 66.2 Å². The summed E-state index contributed by atoms with van der Waals surface area (Å²) in [6.45, 7) is 1.01. The molecule has 0 radical (unpaired) electrons. The van der Waals surface area contributed by atoms with E-state index in [1.54, 1.807) is 29.2 Å². The maximum absolute atomic E-state index is 12.7. The van der Waals surface area contributed by atoms with E-state index in [4.69, 9.17) is 0 Å². The largest absolute Gasteiger partial charge is 0.339 e. The second-order valence-corrected chi connectivity index (χ2v) is 9.80. The summed E-state index contributed by atoms with van der Waals surface area (Å²) in [6.07, 6.45) is 4.47. The van der Waals surface area contributed by atoms with Gasteiger partial charge in [-0.1, -0.05) is 36.4 Å². The number of nitrogens with zero attached hydrogens (tertiary/aromatic N) is 2. The van der Waals surface area contributed by atoms with Gasteiger partial charge in [-0.05, 0) is 42.7 Å². The van der Waals surface area contributed by atoms with Crippen molar-refractivity contribution in [3.63, 3.8) is 0 Å². The zero-order valence-corrected chi connectivity index (χ0v) is 18.5. The van der Waals surface area contributed by atoms with E-state index in [1.165, 1.54) is 26.2 Å². The third-order valence-electron chi connectivity index (χ3n) is 5.28. The number of sulfonamides is 1. The average Bonchev–Trinajstić information content (AvgIpc) is 2.78. The Labute approximate surface area is 183 Å². The highest BCUT2D eigenvalue weighted by Gasteiger charge is 2.27. The minimum absolute atomic E-state index is 0.0655. The van der Waals surface area contributed by atoms with Gasteiger partial charge >= 0.3 is 0 Å². The number of nitrogens with one attached hydrogen (secondary N) is 1. The highest BCUT2D eigenvalue weighted by molar-refractivity contribution is 7.89. The van der Waals surface area contributed by atoms with Crippen LogP contribution in [-0.2, 0) is 19.6 Å². The molecular weight excluding hydrogens is 414 g/mol. The number of carbonyl (C=O) groups is 2. The van der Waals surface area contributed by atoms with Crippen molar-refractivity contribution in [3.8, 4) is 0 Å². The number of piperidine rings is 1. The highest BCUT2D eigenvalue weighted by Crippen LogP contribution is 2.22. The fraction of sp³-hybridized carbons (Fsp3) is 0.304. The molecule has 2 amide bonds. The lowest BCUT2D eigenvalue weighted by atomic mass is 9.95. The van der Waals surface area contributed by atoms with Crippen LogP contribution in [0, 0.1) is 5.92 Å². The molecule has 2 aromatic carbocycles. The molecule has 1 aliphatic rings. The van der Waals surface area contributed by atoms with E-state index in [9.17, 15) is 18.0 Å². The lowest BCUT2D eigenvalue weighted by Crippen LogP contribution is -2.40. The van der Waals surface area contributed by atoms with E-state index in [0.29, 0.717) is 31.6 Å². The maximum atomic E-state index is 12.7. The quantitative estimate of drug-likeness (QED) is 0.699. The Morgan fingerprint density at radius 1 is 1.03 bits per heavy atom. The van der Waals surface area contributed by atoms with Crippen LogP contribution in [-0.4, -0.2) is 56.6 Å².